The third kappa shape index (κ3) is 4.14. The van der Waals surface area contributed by atoms with Crippen molar-refractivity contribution in [3.05, 3.63) is 45.9 Å². The van der Waals surface area contributed by atoms with Gasteiger partial charge in [0.05, 0.1) is 22.6 Å². The third-order valence-electron chi connectivity index (χ3n) is 5.71. The van der Waals surface area contributed by atoms with E-state index in [-0.39, 0.29) is 11.8 Å². The molecule has 6 nitrogen and oxygen atoms in total. The average molecular weight is 420 g/mol. The molecule has 150 valence electrons. The summed E-state index contributed by atoms with van der Waals surface area (Å²) in [5.41, 5.74) is 5.04. The van der Waals surface area contributed by atoms with Gasteiger partial charge in [-0.1, -0.05) is 6.07 Å². The summed E-state index contributed by atoms with van der Waals surface area (Å²) in [7, 11) is -3.50. The van der Waals surface area contributed by atoms with Gasteiger partial charge >= 0.3 is 0 Å². The molecule has 0 bridgehead atoms. The Bertz CT molecular complexity index is 934. The number of carbonyl (C=O) groups is 1. The van der Waals surface area contributed by atoms with E-state index in [4.69, 9.17) is 0 Å². The van der Waals surface area contributed by atoms with Crippen LogP contribution in [0.15, 0.2) is 34.0 Å². The lowest BCUT2D eigenvalue weighted by Gasteiger charge is -2.31. The van der Waals surface area contributed by atoms with Crippen molar-refractivity contribution in [1.29, 1.82) is 0 Å². The number of amides is 1. The summed E-state index contributed by atoms with van der Waals surface area (Å²) in [6.45, 7) is 1.19. The van der Waals surface area contributed by atoms with Gasteiger partial charge in [0.25, 0.3) is 0 Å². The first-order chi connectivity index (χ1) is 13.5. The van der Waals surface area contributed by atoms with Crippen LogP contribution in [0.2, 0.25) is 0 Å². The molecule has 2 aromatic rings. The first-order valence-corrected chi connectivity index (χ1v) is 12.2. The zero-order valence-electron chi connectivity index (χ0n) is 15.8. The molecule has 2 heterocycles. The fourth-order valence-electron chi connectivity index (χ4n) is 4.02. The fourth-order valence-corrected chi connectivity index (χ4v) is 6.10. The van der Waals surface area contributed by atoms with Gasteiger partial charge in [-0.2, -0.15) is 4.31 Å². The van der Waals surface area contributed by atoms with Crippen LogP contribution in [-0.4, -0.2) is 36.7 Å². The summed E-state index contributed by atoms with van der Waals surface area (Å²) < 4.78 is 27.6. The number of carbonyl (C=O) groups excluding carboxylic acids is 1. The first-order valence-electron chi connectivity index (χ1n) is 9.81. The van der Waals surface area contributed by atoms with Gasteiger partial charge in [0.1, 0.15) is 0 Å². The fraction of sp³-hybridized carbons (Fsp3) is 0.500. The maximum atomic E-state index is 13.0. The molecule has 0 atom stereocenters. The predicted molar refractivity (Wildman–Crippen MR) is 109 cm³/mol. The van der Waals surface area contributed by atoms with Crippen LogP contribution in [0.1, 0.15) is 42.5 Å². The quantitative estimate of drug-likeness (QED) is 0.808. The van der Waals surface area contributed by atoms with E-state index in [2.05, 4.69) is 10.3 Å². The largest absolute Gasteiger partial charge is 0.350 e. The van der Waals surface area contributed by atoms with Crippen LogP contribution in [0.4, 0.5) is 0 Å². The molecule has 1 amide bonds. The lowest BCUT2D eigenvalue weighted by Crippen LogP contribution is -2.42. The number of benzene rings is 1. The molecule has 1 saturated heterocycles. The van der Waals surface area contributed by atoms with Crippen LogP contribution in [0.25, 0.3) is 0 Å². The molecule has 1 aromatic heterocycles. The second kappa shape index (κ2) is 8.31. The van der Waals surface area contributed by atoms with Crippen molar-refractivity contribution >= 4 is 27.3 Å². The predicted octanol–water partition coefficient (Wildman–Crippen LogP) is 2.74. The molecule has 28 heavy (non-hydrogen) atoms. The molecule has 2 aliphatic rings. The van der Waals surface area contributed by atoms with Crippen molar-refractivity contribution in [2.75, 3.05) is 13.1 Å². The van der Waals surface area contributed by atoms with E-state index in [0.717, 1.165) is 25.0 Å². The number of fused-ring (bicyclic) bond motifs is 1. The van der Waals surface area contributed by atoms with E-state index in [9.17, 15) is 13.2 Å². The molecule has 0 unspecified atom stereocenters. The second-order valence-corrected chi connectivity index (χ2v) is 10.2. The van der Waals surface area contributed by atoms with Crippen LogP contribution in [0.5, 0.6) is 0 Å². The van der Waals surface area contributed by atoms with Crippen LogP contribution in [0.3, 0.4) is 0 Å². The highest BCUT2D eigenvalue weighted by molar-refractivity contribution is 7.89. The molecule has 0 saturated carbocycles. The number of hydrogen-bond acceptors (Lipinski definition) is 5. The molecule has 1 aliphatic heterocycles. The zero-order valence-corrected chi connectivity index (χ0v) is 17.4. The van der Waals surface area contributed by atoms with E-state index in [0.29, 0.717) is 37.4 Å². The van der Waals surface area contributed by atoms with Gasteiger partial charge in [-0.25, -0.2) is 13.4 Å². The molecule has 8 heteroatoms. The van der Waals surface area contributed by atoms with Gasteiger partial charge in [0.2, 0.25) is 15.9 Å². The molecule has 1 N–H and O–H groups in total. The minimum Gasteiger partial charge on any atom is -0.350 e. The average Bonchev–Trinajstić information content (AvgIpc) is 3.25. The molecule has 0 radical (unpaired) electrons. The lowest BCUT2D eigenvalue weighted by atomic mass is 9.92. The number of rotatable bonds is 5. The molecule has 1 aliphatic carbocycles. The maximum absolute atomic E-state index is 13.0. The molecular weight excluding hydrogens is 394 g/mol. The summed E-state index contributed by atoms with van der Waals surface area (Å²) in [5.74, 6) is -0.160. The number of aromatic nitrogens is 1. The minimum atomic E-state index is -3.50. The number of sulfonamides is 1. The van der Waals surface area contributed by atoms with Gasteiger partial charge in [-0.15, -0.1) is 11.3 Å². The van der Waals surface area contributed by atoms with Crippen LogP contribution >= 0.6 is 11.3 Å². The van der Waals surface area contributed by atoms with Crippen molar-refractivity contribution in [3.8, 4) is 0 Å². The van der Waals surface area contributed by atoms with Gasteiger partial charge in [-0.05, 0) is 61.8 Å². The first kappa shape index (κ1) is 19.5. The summed E-state index contributed by atoms with van der Waals surface area (Å²) in [6, 6.07) is 5.57. The van der Waals surface area contributed by atoms with Crippen LogP contribution < -0.4 is 5.32 Å². The monoisotopic (exact) mass is 419 g/mol. The topological polar surface area (TPSA) is 79.4 Å². The zero-order chi connectivity index (χ0) is 19.6. The van der Waals surface area contributed by atoms with E-state index in [1.54, 1.807) is 11.6 Å². The Kier molecular flexibility index (Phi) is 5.80. The molecule has 4 rings (SSSR count). The Morgan fingerprint density at radius 2 is 1.93 bits per heavy atom. The Morgan fingerprint density at radius 3 is 2.64 bits per heavy atom. The van der Waals surface area contributed by atoms with Crippen molar-refractivity contribution in [2.45, 2.75) is 50.0 Å². The summed E-state index contributed by atoms with van der Waals surface area (Å²) in [6.07, 6.45) is 5.40. The Balaban J connectivity index is 1.36. The van der Waals surface area contributed by atoms with Gasteiger partial charge in [-0.3, -0.25) is 4.79 Å². The van der Waals surface area contributed by atoms with Crippen LogP contribution in [-0.2, 0) is 34.2 Å². The normalized spacial score (nSPS) is 18.6. The number of thiazole rings is 1. The highest BCUT2D eigenvalue weighted by Gasteiger charge is 2.32. The van der Waals surface area contributed by atoms with E-state index >= 15 is 0 Å². The highest BCUT2D eigenvalue weighted by Crippen LogP contribution is 2.28. The van der Waals surface area contributed by atoms with Gasteiger partial charge < -0.3 is 5.32 Å². The molecular formula is C20H25N3O3S2. The summed E-state index contributed by atoms with van der Waals surface area (Å²) in [5, 5.41) is 4.82. The van der Waals surface area contributed by atoms with E-state index in [1.165, 1.54) is 33.2 Å². The second-order valence-electron chi connectivity index (χ2n) is 7.51. The number of piperidine rings is 1. The minimum absolute atomic E-state index is 0.0150. The van der Waals surface area contributed by atoms with Crippen molar-refractivity contribution in [2.24, 2.45) is 5.92 Å². The Hall–Kier alpha value is -1.77. The standard InChI is InChI=1S/C20H25N3O3S2/c24-20(21-12-18-13-27-14-22-18)16-7-9-23(10-8-16)28(25,26)19-6-5-15-3-1-2-4-17(15)11-19/h5-6,11,13-14,16H,1-4,7-10,12H2,(H,21,24). The number of nitrogens with one attached hydrogen (secondary N) is 1. The third-order valence-corrected chi connectivity index (χ3v) is 8.24. The van der Waals surface area contributed by atoms with Crippen molar-refractivity contribution in [1.82, 2.24) is 14.6 Å². The Labute approximate surface area is 170 Å². The SMILES string of the molecule is O=C(NCc1cscn1)C1CCN(S(=O)(=O)c2ccc3c(c2)CCCC3)CC1. The van der Waals surface area contributed by atoms with Crippen LogP contribution in [0, 0.1) is 5.92 Å². The number of hydrogen-bond donors (Lipinski definition) is 1. The van der Waals surface area contributed by atoms with Crippen molar-refractivity contribution in [3.63, 3.8) is 0 Å². The smallest absolute Gasteiger partial charge is 0.243 e. The van der Waals surface area contributed by atoms with Gasteiger partial charge in [0.15, 0.2) is 0 Å². The lowest BCUT2D eigenvalue weighted by molar-refractivity contribution is -0.126. The van der Waals surface area contributed by atoms with Crippen molar-refractivity contribution < 1.29 is 13.2 Å². The number of aryl methyl sites for hydroxylation is 2. The summed E-state index contributed by atoms with van der Waals surface area (Å²) in [4.78, 5) is 16.9. The van der Waals surface area contributed by atoms with Gasteiger partial charge in [0, 0.05) is 24.4 Å². The highest BCUT2D eigenvalue weighted by atomic mass is 32.2. The van der Waals surface area contributed by atoms with E-state index in [1.807, 2.05) is 17.5 Å². The molecule has 1 fully saturated rings. The molecule has 1 aromatic carbocycles. The summed E-state index contributed by atoms with van der Waals surface area (Å²) >= 11 is 1.50. The number of nitrogens with zero attached hydrogens (tertiary/aromatic N) is 2. The molecule has 0 spiro atoms. The van der Waals surface area contributed by atoms with E-state index < -0.39 is 10.0 Å². The maximum Gasteiger partial charge on any atom is 0.243 e. The Morgan fingerprint density at radius 1 is 1.18 bits per heavy atom.